The molecule has 3 rings (SSSR count). The highest BCUT2D eigenvalue weighted by Gasteiger charge is 2.12. The first-order valence-electron chi connectivity index (χ1n) is 6.51. The number of pyridine rings is 2. The number of halogens is 1. The van der Waals surface area contributed by atoms with Crippen molar-refractivity contribution in [2.75, 3.05) is 0 Å². The molecule has 0 atom stereocenters. The minimum atomic E-state index is 0.566. The molecular weight excluding hydrogens is 304 g/mol. The Labute approximate surface area is 132 Å². The van der Waals surface area contributed by atoms with Gasteiger partial charge in [0.2, 0.25) is 0 Å². The van der Waals surface area contributed by atoms with E-state index in [1.165, 1.54) is 18.0 Å². The van der Waals surface area contributed by atoms with E-state index in [1.807, 2.05) is 37.3 Å². The van der Waals surface area contributed by atoms with E-state index in [1.54, 1.807) is 12.1 Å². The zero-order valence-corrected chi connectivity index (χ0v) is 13.0. The molecule has 106 valence electrons. The molecule has 0 amide bonds. The monoisotopic (exact) mass is 316 g/mol. The summed E-state index contributed by atoms with van der Waals surface area (Å²) in [6, 6.07) is 13.3. The highest BCUT2D eigenvalue weighted by Crippen LogP contribution is 2.30. The predicted octanol–water partition coefficient (Wildman–Crippen LogP) is 4.12. The van der Waals surface area contributed by atoms with Gasteiger partial charge in [-0.3, -0.25) is 4.98 Å². The van der Waals surface area contributed by atoms with E-state index in [4.69, 9.17) is 11.6 Å². The second kappa shape index (κ2) is 5.92. The third kappa shape index (κ3) is 2.82. The Morgan fingerprint density at radius 3 is 2.76 bits per heavy atom. The molecule has 5 heteroatoms. The Morgan fingerprint density at radius 2 is 1.95 bits per heavy atom. The normalized spacial score (nSPS) is 11.0. The summed E-state index contributed by atoms with van der Waals surface area (Å²) in [6.07, 6.45) is 1.49. The molecule has 0 spiro atoms. The molecule has 0 radical (unpaired) electrons. The van der Waals surface area contributed by atoms with Crippen LogP contribution in [0.25, 0.3) is 10.9 Å². The molecule has 0 aliphatic rings. The maximum absolute atomic E-state index is 11.6. The molecule has 0 bridgehead atoms. The van der Waals surface area contributed by atoms with Gasteiger partial charge in [0.15, 0.2) is 6.20 Å². The van der Waals surface area contributed by atoms with Crippen molar-refractivity contribution >= 4 is 34.3 Å². The second-order valence-electron chi connectivity index (χ2n) is 4.67. The van der Waals surface area contributed by atoms with Gasteiger partial charge in [-0.05, 0) is 36.4 Å². The Balaban J connectivity index is 1.94. The van der Waals surface area contributed by atoms with E-state index in [-0.39, 0.29) is 0 Å². The molecular formula is C16H13ClN2OS. The lowest BCUT2D eigenvalue weighted by atomic mass is 10.1. The molecule has 3 aromatic rings. The molecule has 2 aromatic heterocycles. The third-order valence-electron chi connectivity index (χ3n) is 3.29. The van der Waals surface area contributed by atoms with Crippen LogP contribution in [0.4, 0.5) is 0 Å². The minimum Gasteiger partial charge on any atom is -0.618 e. The Hall–Kier alpha value is -1.78. The number of aryl methyl sites for hydroxylation is 1. The topological polar surface area (TPSA) is 39.8 Å². The zero-order valence-electron chi connectivity index (χ0n) is 11.4. The van der Waals surface area contributed by atoms with Crippen molar-refractivity contribution in [3.05, 3.63) is 70.1 Å². The summed E-state index contributed by atoms with van der Waals surface area (Å²) in [5, 5.41) is 14.0. The van der Waals surface area contributed by atoms with E-state index in [9.17, 15) is 5.21 Å². The van der Waals surface area contributed by atoms with Gasteiger partial charge in [0, 0.05) is 23.3 Å². The smallest absolute Gasteiger partial charge is 0.251 e. The van der Waals surface area contributed by atoms with Gasteiger partial charge >= 0.3 is 0 Å². The van der Waals surface area contributed by atoms with E-state index >= 15 is 0 Å². The molecule has 0 fully saturated rings. The maximum atomic E-state index is 11.6. The summed E-state index contributed by atoms with van der Waals surface area (Å²) in [5.74, 6) is 0.566. The molecule has 0 saturated heterocycles. The number of hydrogen-bond donors (Lipinski definition) is 0. The molecule has 0 aliphatic carbocycles. The number of hydrogen-bond acceptors (Lipinski definition) is 3. The van der Waals surface area contributed by atoms with Crippen LogP contribution in [0.3, 0.4) is 0 Å². The van der Waals surface area contributed by atoms with Gasteiger partial charge in [-0.25, -0.2) is 0 Å². The van der Waals surface area contributed by atoms with Crippen LogP contribution < -0.4 is 4.73 Å². The quantitative estimate of drug-likeness (QED) is 0.414. The van der Waals surface area contributed by atoms with Crippen molar-refractivity contribution in [2.45, 2.75) is 17.7 Å². The van der Waals surface area contributed by atoms with Gasteiger partial charge in [0.1, 0.15) is 0 Å². The SMILES string of the molecule is Cc1c(Cl)c(CSc2cccc[n+]2[O-])nc2ccccc12. The lowest BCUT2D eigenvalue weighted by Crippen LogP contribution is -2.27. The van der Waals surface area contributed by atoms with Gasteiger partial charge < -0.3 is 5.21 Å². The third-order valence-corrected chi connectivity index (χ3v) is 4.82. The van der Waals surface area contributed by atoms with Gasteiger partial charge in [-0.1, -0.05) is 29.8 Å². The highest BCUT2D eigenvalue weighted by molar-refractivity contribution is 7.98. The summed E-state index contributed by atoms with van der Waals surface area (Å²) in [7, 11) is 0. The van der Waals surface area contributed by atoms with E-state index in [0.717, 1.165) is 26.9 Å². The molecule has 0 unspecified atom stereocenters. The van der Waals surface area contributed by atoms with E-state index in [2.05, 4.69) is 4.98 Å². The minimum absolute atomic E-state index is 0.566. The second-order valence-corrected chi connectivity index (χ2v) is 6.04. The predicted molar refractivity (Wildman–Crippen MR) is 86.5 cm³/mol. The molecule has 0 aliphatic heterocycles. The Morgan fingerprint density at radius 1 is 1.19 bits per heavy atom. The first-order chi connectivity index (χ1) is 10.2. The molecule has 21 heavy (non-hydrogen) atoms. The Bertz CT molecular complexity index is 807. The van der Waals surface area contributed by atoms with Crippen LogP contribution in [-0.2, 0) is 5.75 Å². The highest BCUT2D eigenvalue weighted by atomic mass is 35.5. The molecule has 0 N–H and O–H groups in total. The zero-order chi connectivity index (χ0) is 14.8. The van der Waals surface area contributed by atoms with E-state index < -0.39 is 0 Å². The van der Waals surface area contributed by atoms with Crippen LogP contribution in [0, 0.1) is 12.1 Å². The van der Waals surface area contributed by atoms with Crippen LogP contribution in [0.2, 0.25) is 5.02 Å². The summed E-state index contributed by atoms with van der Waals surface area (Å²) >= 11 is 7.85. The fraction of sp³-hybridized carbons (Fsp3) is 0.125. The standard InChI is InChI=1S/C16H13ClN2OS/c1-11-12-6-2-3-7-13(12)18-14(16(11)17)10-21-15-8-4-5-9-19(15)20/h2-9H,10H2,1H3. The largest absolute Gasteiger partial charge is 0.618 e. The number of nitrogens with zero attached hydrogens (tertiary/aromatic N) is 2. The van der Waals surface area contributed by atoms with Crippen LogP contribution in [0.15, 0.2) is 53.7 Å². The fourth-order valence-corrected chi connectivity index (χ4v) is 3.33. The maximum Gasteiger partial charge on any atom is 0.251 e. The Kier molecular flexibility index (Phi) is 3.99. The molecule has 3 nitrogen and oxygen atoms in total. The summed E-state index contributed by atoms with van der Waals surface area (Å²) in [4.78, 5) is 4.62. The van der Waals surface area contributed by atoms with Crippen molar-refractivity contribution in [1.29, 1.82) is 0 Å². The lowest BCUT2D eigenvalue weighted by molar-refractivity contribution is -0.645. The van der Waals surface area contributed by atoms with Crippen molar-refractivity contribution < 1.29 is 4.73 Å². The molecule has 2 heterocycles. The van der Waals surface area contributed by atoms with Crippen molar-refractivity contribution in [3.8, 4) is 0 Å². The average molecular weight is 317 g/mol. The molecule has 0 saturated carbocycles. The number of fused-ring (bicyclic) bond motifs is 1. The lowest BCUT2D eigenvalue weighted by Gasteiger charge is -2.09. The first-order valence-corrected chi connectivity index (χ1v) is 7.88. The molecule has 1 aromatic carbocycles. The van der Waals surface area contributed by atoms with Gasteiger partial charge in [0.25, 0.3) is 5.03 Å². The van der Waals surface area contributed by atoms with Crippen molar-refractivity contribution in [3.63, 3.8) is 0 Å². The van der Waals surface area contributed by atoms with Crippen LogP contribution in [0.5, 0.6) is 0 Å². The van der Waals surface area contributed by atoms with Gasteiger partial charge in [-0.2, -0.15) is 4.73 Å². The van der Waals surface area contributed by atoms with Crippen molar-refractivity contribution in [2.24, 2.45) is 0 Å². The van der Waals surface area contributed by atoms with Crippen LogP contribution in [0.1, 0.15) is 11.3 Å². The number of rotatable bonds is 3. The number of para-hydroxylation sites is 1. The van der Waals surface area contributed by atoms with Gasteiger partial charge in [0.05, 0.1) is 16.2 Å². The van der Waals surface area contributed by atoms with Gasteiger partial charge in [-0.15, -0.1) is 0 Å². The number of thioether (sulfide) groups is 1. The summed E-state index contributed by atoms with van der Waals surface area (Å²) in [6.45, 7) is 2.00. The summed E-state index contributed by atoms with van der Waals surface area (Å²) < 4.78 is 0.854. The fourth-order valence-electron chi connectivity index (χ4n) is 2.18. The van der Waals surface area contributed by atoms with E-state index in [0.29, 0.717) is 15.8 Å². The average Bonchev–Trinajstić information content (AvgIpc) is 2.51. The summed E-state index contributed by atoms with van der Waals surface area (Å²) in [5.41, 5.74) is 2.76. The number of benzene rings is 1. The van der Waals surface area contributed by atoms with Crippen molar-refractivity contribution in [1.82, 2.24) is 4.98 Å². The first kappa shape index (κ1) is 14.2. The van der Waals surface area contributed by atoms with Crippen LogP contribution in [-0.4, -0.2) is 4.98 Å². The van der Waals surface area contributed by atoms with Crippen LogP contribution >= 0.6 is 23.4 Å². The number of aromatic nitrogens is 2.